The molecule has 0 saturated carbocycles. The van der Waals surface area contributed by atoms with Gasteiger partial charge < -0.3 is 20.3 Å². The summed E-state index contributed by atoms with van der Waals surface area (Å²) >= 11 is 0. The zero-order valence-electron chi connectivity index (χ0n) is 8.61. The Hall–Kier alpha value is -2.17. The van der Waals surface area contributed by atoms with Crippen molar-refractivity contribution in [2.75, 3.05) is 0 Å². The van der Waals surface area contributed by atoms with Crippen LogP contribution in [0.2, 0.25) is 0 Å². The van der Waals surface area contributed by atoms with Crippen molar-refractivity contribution in [3.63, 3.8) is 0 Å². The number of aromatic nitrogens is 1. The second-order valence-electron chi connectivity index (χ2n) is 3.52. The van der Waals surface area contributed by atoms with Crippen molar-refractivity contribution < 1.29 is 20.1 Å². The monoisotopic (exact) mass is 221 g/mol. The van der Waals surface area contributed by atoms with Gasteiger partial charge in [-0.3, -0.25) is 0 Å². The number of phenolic OH excluding ortho intramolecular Hbond substituents is 2. The van der Waals surface area contributed by atoms with E-state index in [1.807, 2.05) is 6.92 Å². The lowest BCUT2D eigenvalue weighted by Crippen LogP contribution is -2.00. The Morgan fingerprint density at radius 1 is 1.31 bits per heavy atom. The topological polar surface area (TPSA) is 93.5 Å². The summed E-state index contributed by atoms with van der Waals surface area (Å²) in [5.41, 5.74) is 1.23. The molecule has 0 aliphatic carbocycles. The average Bonchev–Trinajstić information content (AvgIpc) is 2.57. The summed E-state index contributed by atoms with van der Waals surface area (Å²) in [6.07, 6.45) is 0.534. The molecular formula is C11H11NO4. The number of rotatable bonds is 2. The van der Waals surface area contributed by atoms with Gasteiger partial charge in [0.1, 0.15) is 5.69 Å². The third kappa shape index (κ3) is 1.37. The highest BCUT2D eigenvalue weighted by molar-refractivity contribution is 5.98. The first-order chi connectivity index (χ1) is 7.54. The maximum absolute atomic E-state index is 11.0. The number of carboxylic acid groups (broad SMARTS) is 1. The number of nitrogens with one attached hydrogen (secondary N) is 1. The number of carboxylic acids is 1. The molecular weight excluding hydrogens is 210 g/mol. The quantitative estimate of drug-likeness (QED) is 0.582. The number of hydrogen-bond acceptors (Lipinski definition) is 3. The van der Waals surface area contributed by atoms with E-state index in [1.54, 1.807) is 0 Å². The van der Waals surface area contributed by atoms with E-state index in [-0.39, 0.29) is 17.2 Å². The molecule has 0 fully saturated rings. The van der Waals surface area contributed by atoms with Crippen LogP contribution in [0.1, 0.15) is 23.0 Å². The Kier molecular flexibility index (Phi) is 2.23. The van der Waals surface area contributed by atoms with Crippen LogP contribution in [0.25, 0.3) is 10.9 Å². The van der Waals surface area contributed by atoms with Gasteiger partial charge in [0.05, 0.1) is 5.52 Å². The molecule has 0 aliphatic rings. The van der Waals surface area contributed by atoms with E-state index < -0.39 is 5.97 Å². The number of benzene rings is 1. The van der Waals surface area contributed by atoms with Crippen LogP contribution in [0.15, 0.2) is 12.1 Å². The second-order valence-corrected chi connectivity index (χ2v) is 3.52. The van der Waals surface area contributed by atoms with Crippen LogP contribution in [0, 0.1) is 0 Å². The van der Waals surface area contributed by atoms with Crippen LogP contribution < -0.4 is 0 Å². The minimum absolute atomic E-state index is 0.0995. The predicted molar refractivity (Wildman–Crippen MR) is 58.0 cm³/mol. The lowest BCUT2D eigenvalue weighted by Gasteiger charge is -1.99. The number of aromatic hydroxyl groups is 2. The van der Waals surface area contributed by atoms with E-state index in [0.29, 0.717) is 22.9 Å². The van der Waals surface area contributed by atoms with Gasteiger partial charge >= 0.3 is 5.97 Å². The molecule has 4 N–H and O–H groups in total. The van der Waals surface area contributed by atoms with Gasteiger partial charge in [-0.15, -0.1) is 0 Å². The minimum atomic E-state index is -1.05. The predicted octanol–water partition coefficient (Wildman–Crippen LogP) is 1.84. The van der Waals surface area contributed by atoms with Crippen molar-refractivity contribution in [3.8, 4) is 11.5 Å². The second kappa shape index (κ2) is 3.44. The number of H-pyrrole nitrogens is 1. The maximum atomic E-state index is 11.0. The summed E-state index contributed by atoms with van der Waals surface area (Å²) in [5.74, 6) is -1.57. The third-order valence-corrected chi connectivity index (χ3v) is 2.57. The number of aryl methyl sites for hydroxylation is 1. The van der Waals surface area contributed by atoms with Gasteiger partial charge in [-0.25, -0.2) is 4.79 Å². The molecule has 0 aliphatic heterocycles. The van der Waals surface area contributed by atoms with Gasteiger partial charge in [0.2, 0.25) is 0 Å². The number of aromatic amines is 1. The smallest absolute Gasteiger partial charge is 0.352 e. The first-order valence-electron chi connectivity index (χ1n) is 4.84. The van der Waals surface area contributed by atoms with E-state index in [0.717, 1.165) is 0 Å². The largest absolute Gasteiger partial charge is 0.504 e. The van der Waals surface area contributed by atoms with Gasteiger partial charge in [-0.05, 0) is 18.1 Å². The van der Waals surface area contributed by atoms with Crippen molar-refractivity contribution in [2.24, 2.45) is 0 Å². The Balaban J connectivity index is 2.82. The van der Waals surface area contributed by atoms with Gasteiger partial charge in [-0.1, -0.05) is 6.92 Å². The summed E-state index contributed by atoms with van der Waals surface area (Å²) in [6.45, 7) is 1.83. The van der Waals surface area contributed by atoms with Gasteiger partial charge in [0, 0.05) is 11.5 Å². The fraction of sp³-hybridized carbons (Fsp3) is 0.182. The molecule has 0 spiro atoms. The molecule has 1 aromatic carbocycles. The van der Waals surface area contributed by atoms with E-state index in [1.165, 1.54) is 12.1 Å². The fourth-order valence-corrected chi connectivity index (χ4v) is 1.82. The van der Waals surface area contributed by atoms with Crippen LogP contribution >= 0.6 is 0 Å². The van der Waals surface area contributed by atoms with Gasteiger partial charge in [0.15, 0.2) is 11.5 Å². The molecule has 84 valence electrons. The number of phenols is 2. The first kappa shape index (κ1) is 10.4. The molecule has 2 rings (SSSR count). The van der Waals surface area contributed by atoms with Crippen molar-refractivity contribution in [1.29, 1.82) is 0 Å². The summed E-state index contributed by atoms with van der Waals surface area (Å²) in [7, 11) is 0. The van der Waals surface area contributed by atoms with Crippen LogP contribution in [0.4, 0.5) is 0 Å². The Morgan fingerprint density at radius 3 is 2.50 bits per heavy atom. The molecule has 0 saturated heterocycles. The maximum Gasteiger partial charge on any atom is 0.352 e. The highest BCUT2D eigenvalue weighted by Crippen LogP contribution is 2.33. The van der Waals surface area contributed by atoms with Crippen molar-refractivity contribution in [1.82, 2.24) is 4.98 Å². The first-order valence-corrected chi connectivity index (χ1v) is 4.84. The summed E-state index contributed by atoms with van der Waals surface area (Å²) in [6, 6.07) is 2.68. The molecule has 1 aromatic heterocycles. The average molecular weight is 221 g/mol. The van der Waals surface area contributed by atoms with E-state index in [2.05, 4.69) is 4.98 Å². The zero-order valence-corrected chi connectivity index (χ0v) is 8.61. The van der Waals surface area contributed by atoms with E-state index in [4.69, 9.17) is 5.11 Å². The summed E-state index contributed by atoms with van der Waals surface area (Å²) in [4.78, 5) is 13.7. The molecule has 16 heavy (non-hydrogen) atoms. The standard InChI is InChI=1S/C11H11NO4/c1-2-5-6-3-8(13)9(14)4-7(6)12-10(5)11(15)16/h3-4,12-14H,2H2,1H3,(H,15,16). The Morgan fingerprint density at radius 2 is 1.94 bits per heavy atom. The van der Waals surface area contributed by atoms with Crippen LogP contribution in [0.5, 0.6) is 11.5 Å². The number of fused-ring (bicyclic) bond motifs is 1. The SMILES string of the molecule is CCc1c(C(=O)O)[nH]c2cc(O)c(O)cc12. The Labute approximate surface area is 91.0 Å². The van der Waals surface area contributed by atoms with E-state index in [9.17, 15) is 15.0 Å². The summed E-state index contributed by atoms with van der Waals surface area (Å²) in [5, 5.41) is 28.3. The van der Waals surface area contributed by atoms with Crippen molar-refractivity contribution in [3.05, 3.63) is 23.4 Å². The molecule has 0 amide bonds. The molecule has 0 unspecified atom stereocenters. The zero-order chi connectivity index (χ0) is 11.9. The van der Waals surface area contributed by atoms with Gasteiger partial charge in [-0.2, -0.15) is 0 Å². The molecule has 2 aromatic rings. The van der Waals surface area contributed by atoms with Crippen LogP contribution in [-0.4, -0.2) is 26.3 Å². The number of aromatic carboxylic acids is 1. The summed E-state index contributed by atoms with van der Waals surface area (Å²) < 4.78 is 0. The Bertz CT molecular complexity index is 571. The lowest BCUT2D eigenvalue weighted by molar-refractivity contribution is 0.0690. The number of carbonyl (C=O) groups is 1. The lowest BCUT2D eigenvalue weighted by atomic mass is 10.1. The molecule has 5 heteroatoms. The van der Waals surface area contributed by atoms with Crippen LogP contribution in [0.3, 0.4) is 0 Å². The molecule has 0 radical (unpaired) electrons. The normalized spacial score (nSPS) is 10.8. The minimum Gasteiger partial charge on any atom is -0.504 e. The van der Waals surface area contributed by atoms with E-state index >= 15 is 0 Å². The fourth-order valence-electron chi connectivity index (χ4n) is 1.82. The molecule has 1 heterocycles. The molecule has 0 bridgehead atoms. The van der Waals surface area contributed by atoms with Gasteiger partial charge in [0.25, 0.3) is 0 Å². The van der Waals surface area contributed by atoms with Crippen molar-refractivity contribution in [2.45, 2.75) is 13.3 Å². The highest BCUT2D eigenvalue weighted by Gasteiger charge is 2.17. The third-order valence-electron chi connectivity index (χ3n) is 2.57. The molecule has 5 nitrogen and oxygen atoms in total. The number of hydrogen-bond donors (Lipinski definition) is 4. The highest BCUT2D eigenvalue weighted by atomic mass is 16.4. The molecule has 0 atom stereocenters. The van der Waals surface area contributed by atoms with Crippen LogP contribution in [-0.2, 0) is 6.42 Å². The van der Waals surface area contributed by atoms with Crippen molar-refractivity contribution >= 4 is 16.9 Å².